The third-order valence-corrected chi connectivity index (χ3v) is 27.2. The number of carbonyl (C=O) groups excluding carboxylic acids is 3. The zero-order valence-corrected chi connectivity index (χ0v) is 67.9. The highest BCUT2D eigenvalue weighted by molar-refractivity contribution is 7.80. The van der Waals surface area contributed by atoms with Gasteiger partial charge in [-0.2, -0.15) is 12.6 Å². The molecule has 0 N–H and O–H groups in total. The number of carbonyl (C=O) groups is 3. The van der Waals surface area contributed by atoms with E-state index in [-0.39, 0.29) is 23.0 Å². The lowest BCUT2D eigenvalue weighted by atomic mass is 9.93. The fourth-order valence-corrected chi connectivity index (χ4v) is 20.5. The molecule has 0 saturated heterocycles. The second-order valence-electron chi connectivity index (χ2n) is 30.3. The van der Waals surface area contributed by atoms with Gasteiger partial charge in [0.2, 0.25) is 0 Å². The van der Waals surface area contributed by atoms with Gasteiger partial charge >= 0.3 is 0 Å². The van der Waals surface area contributed by atoms with Crippen molar-refractivity contribution < 1.29 is 14.4 Å². The molecule has 0 fully saturated rings. The Labute approximate surface area is 632 Å². The highest BCUT2D eigenvalue weighted by Gasteiger charge is 2.39. The van der Waals surface area contributed by atoms with Gasteiger partial charge in [-0.15, -0.1) is 45.3 Å². The van der Waals surface area contributed by atoms with Crippen LogP contribution in [-0.2, 0) is 14.4 Å². The van der Waals surface area contributed by atoms with Crippen LogP contribution in [0.1, 0.15) is 311 Å². The van der Waals surface area contributed by atoms with Gasteiger partial charge in [-0.1, -0.05) is 260 Å². The van der Waals surface area contributed by atoms with Crippen LogP contribution < -0.4 is 40.5 Å². The van der Waals surface area contributed by atoms with E-state index in [0.717, 1.165) is 138 Å². The third kappa shape index (κ3) is 21.7. The van der Waals surface area contributed by atoms with E-state index < -0.39 is 0 Å². The smallest absolute Gasteiger partial charge is 0.260 e. The van der Waals surface area contributed by atoms with Crippen LogP contribution in [0.25, 0.3) is 33.1 Å². The van der Waals surface area contributed by atoms with Gasteiger partial charge < -0.3 is 19.6 Å². The quantitative estimate of drug-likeness (QED) is 0.0305. The van der Waals surface area contributed by atoms with E-state index in [2.05, 4.69) is 159 Å². The van der Waals surface area contributed by atoms with E-state index in [9.17, 15) is 0 Å². The normalized spacial score (nSPS) is 15.2. The van der Waals surface area contributed by atoms with Gasteiger partial charge in [-0.25, -0.2) is 0 Å². The van der Waals surface area contributed by atoms with Crippen LogP contribution >= 0.6 is 58.0 Å². The van der Waals surface area contributed by atoms with Crippen LogP contribution in [-0.4, -0.2) is 50.4 Å². The molecule has 552 valence electrons. The highest BCUT2D eigenvalue weighted by atomic mass is 32.1. The van der Waals surface area contributed by atoms with Gasteiger partial charge in [-0.3, -0.25) is 14.4 Å². The molecule has 2 aromatic carbocycles. The van der Waals surface area contributed by atoms with E-state index in [4.69, 9.17) is 19.2 Å². The number of unbranched alkanes of at least 4 members (excludes halogenated alkanes) is 21. The van der Waals surface area contributed by atoms with Crippen molar-refractivity contribution in [2.24, 2.45) is 23.7 Å². The van der Waals surface area contributed by atoms with E-state index in [1.54, 1.807) is 34.0 Å². The molecule has 4 aromatic heterocycles. The molecule has 101 heavy (non-hydrogen) atoms. The molecule has 0 spiro atoms. The first-order chi connectivity index (χ1) is 49.4. The molecule has 7 nitrogen and oxygen atoms in total. The first kappa shape index (κ1) is 80.4. The van der Waals surface area contributed by atoms with E-state index in [0.29, 0.717) is 43.3 Å². The molecular formula is C89H128N4O3S5. The van der Waals surface area contributed by atoms with Crippen molar-refractivity contribution in [3.8, 4) is 9.75 Å². The van der Waals surface area contributed by atoms with Crippen molar-refractivity contribution in [3.63, 3.8) is 0 Å². The Morgan fingerprint density at radius 3 is 1.23 bits per heavy atom. The fourth-order valence-electron chi connectivity index (χ4n) is 16.4. The summed E-state index contributed by atoms with van der Waals surface area (Å²) in [5.41, 5.74) is 6.43. The number of thiol groups is 1. The lowest BCUT2D eigenvalue weighted by Crippen LogP contribution is -2.37. The summed E-state index contributed by atoms with van der Waals surface area (Å²) in [6, 6.07) is 26.5. The Kier molecular flexibility index (Phi) is 33.8. The molecule has 3 aliphatic rings. The molecule has 6 aromatic rings. The SMILES string of the molecule is C=c1cc2c(cc1N(CC(CCC)CCCCCCCC)CC(S)c1ccc(-c3ccc(C4=c5cc6c(cc5N(CC(CC)CCCCCC)C4=O)=C(c4cccs4)C(=O)N6CC(CCCCC)CCCCCC)s3)s1)=C(c1cccs1)C(=O)N2CC(CCCCCC)CCCCCCCC. The minimum atomic E-state index is -0.0996. The number of rotatable bonds is 52. The number of fused-ring (bicyclic) bond motifs is 3. The standard InChI is InChI=1S/C89H128N4O3S5/c1-10-18-24-29-31-37-44-67(41-16-7)60-90(73-57-70-74(56-65(73)9)92(87(94)84(70)81-48-39-54-98-81)62-69(46-36-28-22-14-5)47-38-32-30-25-19-11-2)64-77(97)78-50-51-79(100-78)80-52-53-83(101-80)86-72-59-75-71(58-76(72)91(89(86)96)61-66(17-8)42-34-26-20-12-3)85(82-49-40-55-99-82)88(95)93(75)63-68(43-33-23-15-6)45-35-27-21-13-4/h39-40,48-59,66-69,77,97H,9-38,41-47,60-64H2,1-8H3. The Hall–Kier alpha value is -4.72. The molecule has 5 unspecified atom stereocenters. The van der Waals surface area contributed by atoms with Crippen molar-refractivity contribution in [1.29, 1.82) is 0 Å². The number of anilines is 4. The van der Waals surface area contributed by atoms with Crippen LogP contribution in [0.3, 0.4) is 0 Å². The maximum absolute atomic E-state index is 15.7. The first-order valence-corrected chi connectivity index (χ1v) is 44.8. The van der Waals surface area contributed by atoms with Crippen molar-refractivity contribution >= 4 is 122 Å². The molecule has 5 atom stereocenters. The van der Waals surface area contributed by atoms with Gasteiger partial charge in [0, 0.05) is 83.3 Å². The summed E-state index contributed by atoms with van der Waals surface area (Å²) in [4.78, 5) is 61.8. The maximum Gasteiger partial charge on any atom is 0.260 e. The van der Waals surface area contributed by atoms with Gasteiger partial charge in [0.05, 0.1) is 39.0 Å². The molecule has 7 heterocycles. The number of hydrogen-bond donors (Lipinski definition) is 1. The summed E-state index contributed by atoms with van der Waals surface area (Å²) in [6.07, 6.45) is 43.8. The van der Waals surface area contributed by atoms with E-state index in [1.165, 1.54) is 196 Å². The summed E-state index contributed by atoms with van der Waals surface area (Å²) in [7, 11) is 0. The van der Waals surface area contributed by atoms with Crippen molar-refractivity contribution in [3.05, 3.63) is 124 Å². The average molecular weight is 1460 g/mol. The Morgan fingerprint density at radius 1 is 0.386 bits per heavy atom. The van der Waals surface area contributed by atoms with Crippen molar-refractivity contribution in [2.75, 3.05) is 52.3 Å². The minimum Gasteiger partial charge on any atom is -0.369 e. The second kappa shape index (κ2) is 42.4. The molecule has 9 rings (SSSR count). The maximum atomic E-state index is 15.7. The lowest BCUT2D eigenvalue weighted by molar-refractivity contribution is -0.114. The molecule has 3 aliphatic heterocycles. The van der Waals surface area contributed by atoms with Crippen LogP contribution in [0.4, 0.5) is 22.7 Å². The second-order valence-corrected chi connectivity index (χ2v) is 35.0. The molecule has 12 heteroatoms. The number of benzene rings is 2. The average Bonchev–Trinajstić information content (AvgIpc) is 1.57. The predicted molar refractivity (Wildman–Crippen MR) is 447 cm³/mol. The fraction of sp³-hybridized carbons (Fsp3) is 0.607. The summed E-state index contributed by atoms with van der Waals surface area (Å²) in [5, 5.41) is 8.06. The summed E-state index contributed by atoms with van der Waals surface area (Å²) < 4.78 is 0. The Morgan fingerprint density at radius 2 is 0.762 bits per heavy atom. The van der Waals surface area contributed by atoms with Crippen molar-refractivity contribution in [2.45, 2.75) is 292 Å². The number of nitrogens with zero attached hydrogens (tertiary/aromatic N) is 4. The van der Waals surface area contributed by atoms with Gasteiger partial charge in [0.15, 0.2) is 0 Å². The molecule has 0 radical (unpaired) electrons. The van der Waals surface area contributed by atoms with E-state index in [1.807, 2.05) is 11.3 Å². The molecular weight excluding hydrogens is 1330 g/mol. The monoisotopic (exact) mass is 1460 g/mol. The first-order valence-electron chi connectivity index (χ1n) is 40.9. The Balaban J connectivity index is 1.06. The zero-order chi connectivity index (χ0) is 71.5. The highest BCUT2D eigenvalue weighted by Crippen LogP contribution is 2.42. The van der Waals surface area contributed by atoms with Gasteiger partial charge in [-0.05, 0) is 145 Å². The topological polar surface area (TPSA) is 64.2 Å². The summed E-state index contributed by atoms with van der Waals surface area (Å²) in [6.45, 7) is 27.0. The number of amides is 3. The molecule has 0 aliphatic carbocycles. The van der Waals surface area contributed by atoms with Crippen molar-refractivity contribution in [1.82, 2.24) is 0 Å². The van der Waals surface area contributed by atoms with Gasteiger partial charge in [0.25, 0.3) is 17.7 Å². The molecule has 0 bridgehead atoms. The van der Waals surface area contributed by atoms with Crippen LogP contribution in [0.15, 0.2) is 83.6 Å². The number of thiophene rings is 4. The largest absolute Gasteiger partial charge is 0.369 e. The van der Waals surface area contributed by atoms with E-state index >= 15 is 14.4 Å². The lowest BCUT2D eigenvalue weighted by Gasteiger charge is -2.32. The van der Waals surface area contributed by atoms with Crippen LogP contribution in [0, 0.1) is 23.7 Å². The zero-order valence-electron chi connectivity index (χ0n) is 63.8. The summed E-state index contributed by atoms with van der Waals surface area (Å²) in [5.74, 6) is 2.05. The van der Waals surface area contributed by atoms with Crippen LogP contribution in [0.5, 0.6) is 0 Å². The molecule has 0 saturated carbocycles. The van der Waals surface area contributed by atoms with Gasteiger partial charge in [0.1, 0.15) is 0 Å². The Bertz CT molecular complexity index is 3750. The number of hydrogen-bond acceptors (Lipinski definition) is 9. The minimum absolute atomic E-state index is 0.0762. The molecule has 3 amide bonds. The summed E-state index contributed by atoms with van der Waals surface area (Å²) >= 11 is 12.5. The van der Waals surface area contributed by atoms with Crippen LogP contribution in [0.2, 0.25) is 0 Å². The predicted octanol–water partition coefficient (Wildman–Crippen LogP) is 23.8. The third-order valence-electron chi connectivity index (χ3n) is 22.3.